The summed E-state index contributed by atoms with van der Waals surface area (Å²) in [6.07, 6.45) is 0. The minimum absolute atomic E-state index is 0.105. The fourth-order valence-electron chi connectivity index (χ4n) is 3.12. The molecule has 1 fully saturated rings. The molecule has 0 spiro atoms. The van der Waals surface area contributed by atoms with E-state index in [0.29, 0.717) is 6.54 Å². The van der Waals surface area contributed by atoms with Gasteiger partial charge in [-0.15, -0.1) is 11.3 Å². The quantitative estimate of drug-likeness (QED) is 0.669. The molecular formula is C18H24BrN3OS+2. The highest BCUT2D eigenvalue weighted by Crippen LogP contribution is 2.19. The molecule has 128 valence electrons. The second-order valence-electron chi connectivity index (χ2n) is 6.45. The zero-order valence-electron chi connectivity index (χ0n) is 13.9. The summed E-state index contributed by atoms with van der Waals surface area (Å²) >= 11 is 5.32. The van der Waals surface area contributed by atoms with Crippen LogP contribution in [0.3, 0.4) is 0 Å². The highest BCUT2D eigenvalue weighted by Gasteiger charge is 2.25. The van der Waals surface area contributed by atoms with Crippen LogP contribution < -0.4 is 15.1 Å². The summed E-state index contributed by atoms with van der Waals surface area (Å²) in [5, 5.41) is 5.16. The molecule has 0 unspecified atom stereocenters. The summed E-state index contributed by atoms with van der Waals surface area (Å²) in [5.74, 6) is 0.105. The van der Waals surface area contributed by atoms with E-state index in [2.05, 4.69) is 38.8 Å². The number of piperazine rings is 1. The van der Waals surface area contributed by atoms with Gasteiger partial charge in [0.1, 0.15) is 32.7 Å². The number of aryl methyl sites for hydroxylation is 1. The molecule has 1 aliphatic heterocycles. The van der Waals surface area contributed by atoms with Crippen LogP contribution in [0.2, 0.25) is 0 Å². The van der Waals surface area contributed by atoms with Gasteiger partial charge in [-0.3, -0.25) is 4.79 Å². The van der Waals surface area contributed by atoms with Crippen LogP contribution in [0.4, 0.5) is 5.69 Å². The number of thiophene rings is 1. The van der Waals surface area contributed by atoms with E-state index in [1.54, 1.807) is 4.90 Å². The van der Waals surface area contributed by atoms with Crippen molar-refractivity contribution >= 4 is 38.9 Å². The lowest BCUT2D eigenvalue weighted by atomic mass is 10.2. The van der Waals surface area contributed by atoms with E-state index in [1.807, 2.05) is 36.5 Å². The summed E-state index contributed by atoms with van der Waals surface area (Å²) in [4.78, 5) is 16.7. The lowest BCUT2D eigenvalue weighted by Crippen LogP contribution is -3.28. The number of hydrogen-bond donors (Lipinski definition) is 3. The van der Waals surface area contributed by atoms with Gasteiger partial charge in [-0.2, -0.15) is 0 Å². The predicted molar refractivity (Wildman–Crippen MR) is 102 cm³/mol. The van der Waals surface area contributed by atoms with E-state index in [4.69, 9.17) is 0 Å². The molecule has 2 heterocycles. The van der Waals surface area contributed by atoms with Gasteiger partial charge in [0.05, 0.1) is 4.88 Å². The summed E-state index contributed by atoms with van der Waals surface area (Å²) in [7, 11) is 0. The number of anilines is 1. The number of rotatable bonds is 5. The number of carbonyl (C=O) groups is 1. The molecule has 1 amide bonds. The van der Waals surface area contributed by atoms with Gasteiger partial charge in [0.2, 0.25) is 0 Å². The van der Waals surface area contributed by atoms with Crippen LogP contribution in [0, 0.1) is 6.92 Å². The molecule has 6 heteroatoms. The molecule has 0 aliphatic carbocycles. The molecule has 1 aliphatic rings. The van der Waals surface area contributed by atoms with Crippen molar-refractivity contribution in [3.05, 3.63) is 50.6 Å². The molecule has 0 bridgehead atoms. The largest absolute Gasteiger partial charge is 0.321 e. The number of quaternary nitrogens is 2. The lowest BCUT2D eigenvalue weighted by molar-refractivity contribution is -1.01. The van der Waals surface area contributed by atoms with Crippen molar-refractivity contribution in [3.63, 3.8) is 0 Å². The predicted octanol–water partition coefficient (Wildman–Crippen LogP) is 0.741. The minimum Gasteiger partial charge on any atom is -0.321 e. The number of nitrogens with one attached hydrogen (secondary N) is 3. The van der Waals surface area contributed by atoms with Gasteiger partial charge < -0.3 is 15.1 Å². The van der Waals surface area contributed by atoms with Crippen molar-refractivity contribution in [2.24, 2.45) is 0 Å². The Morgan fingerprint density at radius 2 is 1.96 bits per heavy atom. The van der Waals surface area contributed by atoms with Gasteiger partial charge in [0, 0.05) is 10.2 Å². The first-order chi connectivity index (χ1) is 11.6. The smallest absolute Gasteiger partial charge is 0.279 e. The zero-order chi connectivity index (χ0) is 16.9. The number of halogens is 1. The van der Waals surface area contributed by atoms with E-state index in [-0.39, 0.29) is 5.91 Å². The number of amides is 1. The van der Waals surface area contributed by atoms with Crippen molar-refractivity contribution < 1.29 is 14.6 Å². The summed E-state index contributed by atoms with van der Waals surface area (Å²) in [6.45, 7) is 8.11. The number of hydrogen-bond acceptors (Lipinski definition) is 2. The molecule has 1 saturated heterocycles. The van der Waals surface area contributed by atoms with Crippen molar-refractivity contribution in [2.75, 3.05) is 38.0 Å². The first kappa shape index (κ1) is 17.6. The minimum atomic E-state index is 0.105. The maximum absolute atomic E-state index is 12.3. The Morgan fingerprint density at radius 1 is 1.21 bits per heavy atom. The third kappa shape index (κ3) is 4.89. The van der Waals surface area contributed by atoms with Crippen LogP contribution in [0.1, 0.15) is 10.4 Å². The van der Waals surface area contributed by atoms with E-state index < -0.39 is 0 Å². The Kier molecular flexibility index (Phi) is 6.05. The van der Waals surface area contributed by atoms with Crippen LogP contribution in [0.25, 0.3) is 0 Å². The maximum atomic E-state index is 12.3. The van der Waals surface area contributed by atoms with Gasteiger partial charge in [0.25, 0.3) is 5.91 Å². The van der Waals surface area contributed by atoms with Crippen LogP contribution in [-0.4, -0.2) is 38.6 Å². The SMILES string of the molecule is Cc1cc(NC(=O)C[NH+]2CC[NH+](Cc3cccs3)CC2)ccc1Br. The Hall–Kier alpha value is -1.21. The standard InChI is InChI=1S/C18H22BrN3OS/c1-14-11-15(4-5-17(14)19)20-18(23)13-22-8-6-21(7-9-22)12-16-3-2-10-24-16/h2-5,10-11H,6-9,12-13H2,1H3,(H,20,23)/p+2. The fraction of sp³-hybridized carbons (Fsp3) is 0.389. The molecule has 4 nitrogen and oxygen atoms in total. The van der Waals surface area contributed by atoms with E-state index >= 15 is 0 Å². The van der Waals surface area contributed by atoms with Crippen molar-refractivity contribution in [3.8, 4) is 0 Å². The molecule has 2 aromatic rings. The number of carbonyl (C=O) groups excluding carboxylic acids is 1. The van der Waals surface area contributed by atoms with Gasteiger partial charge in [-0.25, -0.2) is 0 Å². The van der Waals surface area contributed by atoms with Crippen molar-refractivity contribution in [2.45, 2.75) is 13.5 Å². The second-order valence-corrected chi connectivity index (χ2v) is 8.33. The van der Waals surface area contributed by atoms with Gasteiger partial charge in [-0.05, 0) is 42.1 Å². The first-order valence-electron chi connectivity index (χ1n) is 8.35. The Balaban J connectivity index is 1.43. The normalized spacial score (nSPS) is 20.8. The average molecular weight is 410 g/mol. The molecule has 3 rings (SSSR count). The summed E-state index contributed by atoms with van der Waals surface area (Å²) in [6, 6.07) is 10.2. The molecular weight excluding hydrogens is 386 g/mol. The number of benzene rings is 1. The summed E-state index contributed by atoms with van der Waals surface area (Å²) in [5.41, 5.74) is 2.01. The molecule has 1 aromatic heterocycles. The average Bonchev–Trinajstić information content (AvgIpc) is 3.06. The van der Waals surface area contributed by atoms with Crippen molar-refractivity contribution in [1.82, 2.24) is 0 Å². The van der Waals surface area contributed by atoms with Gasteiger partial charge in [0.15, 0.2) is 6.54 Å². The highest BCUT2D eigenvalue weighted by atomic mass is 79.9. The van der Waals surface area contributed by atoms with Crippen LogP contribution in [-0.2, 0) is 11.3 Å². The highest BCUT2D eigenvalue weighted by molar-refractivity contribution is 9.10. The van der Waals surface area contributed by atoms with Gasteiger partial charge >= 0.3 is 0 Å². The second kappa shape index (κ2) is 8.25. The maximum Gasteiger partial charge on any atom is 0.279 e. The van der Waals surface area contributed by atoms with Crippen LogP contribution in [0.15, 0.2) is 40.2 Å². The summed E-state index contributed by atoms with van der Waals surface area (Å²) < 4.78 is 1.07. The fourth-order valence-corrected chi connectivity index (χ4v) is 4.15. The van der Waals surface area contributed by atoms with E-state index in [0.717, 1.165) is 48.4 Å². The molecule has 0 radical (unpaired) electrons. The molecule has 24 heavy (non-hydrogen) atoms. The van der Waals surface area contributed by atoms with Crippen LogP contribution >= 0.6 is 27.3 Å². The zero-order valence-corrected chi connectivity index (χ0v) is 16.3. The first-order valence-corrected chi connectivity index (χ1v) is 10.0. The van der Waals surface area contributed by atoms with Crippen LogP contribution in [0.5, 0.6) is 0 Å². The Labute approximate surface area is 155 Å². The Morgan fingerprint density at radius 3 is 2.62 bits per heavy atom. The molecule has 3 N–H and O–H groups in total. The van der Waals surface area contributed by atoms with Crippen molar-refractivity contribution in [1.29, 1.82) is 0 Å². The monoisotopic (exact) mass is 409 g/mol. The lowest BCUT2D eigenvalue weighted by Gasteiger charge is -2.29. The Bertz CT molecular complexity index is 682. The third-order valence-electron chi connectivity index (χ3n) is 4.52. The van der Waals surface area contributed by atoms with Gasteiger partial charge in [-0.1, -0.05) is 22.0 Å². The molecule has 0 atom stereocenters. The molecule has 0 saturated carbocycles. The molecule has 1 aromatic carbocycles. The topological polar surface area (TPSA) is 38.0 Å². The van der Waals surface area contributed by atoms with E-state index in [1.165, 1.54) is 9.78 Å². The third-order valence-corrected chi connectivity index (χ3v) is 6.29. The van der Waals surface area contributed by atoms with E-state index in [9.17, 15) is 4.79 Å².